The van der Waals surface area contributed by atoms with Crippen molar-refractivity contribution in [3.63, 3.8) is 0 Å². The Morgan fingerprint density at radius 3 is 2.17 bits per heavy atom. The van der Waals surface area contributed by atoms with Crippen LogP contribution in [0.2, 0.25) is 0 Å². The van der Waals surface area contributed by atoms with Crippen molar-refractivity contribution in [1.82, 2.24) is 5.32 Å². The van der Waals surface area contributed by atoms with Gasteiger partial charge in [-0.2, -0.15) is 0 Å². The van der Waals surface area contributed by atoms with Gasteiger partial charge in [-0.15, -0.1) is 0 Å². The summed E-state index contributed by atoms with van der Waals surface area (Å²) in [5, 5.41) is 24.3. The third kappa shape index (κ3) is 9.65. The molecule has 7 nitrogen and oxygen atoms in total. The first-order valence-electron chi connectivity index (χ1n) is 14.2. The van der Waals surface area contributed by atoms with Crippen molar-refractivity contribution < 1.29 is 29.3 Å². The van der Waals surface area contributed by atoms with Gasteiger partial charge in [-0.1, -0.05) is 55.3 Å². The molecule has 40 heavy (non-hydrogen) atoms. The van der Waals surface area contributed by atoms with E-state index in [0.717, 1.165) is 56.1 Å². The summed E-state index contributed by atoms with van der Waals surface area (Å²) in [6, 6.07) is 18.9. The molecular formula is C33H43NO6. The smallest absolute Gasteiger partial charge is 0.335 e. The van der Waals surface area contributed by atoms with Crippen molar-refractivity contribution in [2.24, 2.45) is 0 Å². The number of aryl methyl sites for hydroxylation is 4. The average Bonchev–Trinajstić information content (AvgIpc) is 2.95. The molecular weight excluding hydrogens is 506 g/mol. The van der Waals surface area contributed by atoms with Gasteiger partial charge in [0.15, 0.2) is 12.2 Å². The minimum Gasteiger partial charge on any atom is -0.497 e. The van der Waals surface area contributed by atoms with E-state index < -0.39 is 24.1 Å². The lowest BCUT2D eigenvalue weighted by atomic mass is 10.0. The van der Waals surface area contributed by atoms with E-state index in [9.17, 15) is 19.8 Å². The maximum absolute atomic E-state index is 12.6. The molecule has 3 rings (SSSR count). The van der Waals surface area contributed by atoms with Gasteiger partial charge in [-0.05, 0) is 97.5 Å². The molecule has 0 aromatic heterocycles. The van der Waals surface area contributed by atoms with Gasteiger partial charge in [0.25, 0.3) is 5.91 Å². The Morgan fingerprint density at radius 2 is 1.48 bits per heavy atom. The van der Waals surface area contributed by atoms with Gasteiger partial charge in [0.2, 0.25) is 0 Å². The van der Waals surface area contributed by atoms with Crippen LogP contribution in [0.5, 0.6) is 5.75 Å². The first kappa shape index (κ1) is 31.1. The number of ether oxygens (including phenoxy) is 2. The van der Waals surface area contributed by atoms with E-state index in [0.29, 0.717) is 13.0 Å². The summed E-state index contributed by atoms with van der Waals surface area (Å²) in [6.07, 6.45) is 3.72. The van der Waals surface area contributed by atoms with Gasteiger partial charge < -0.3 is 25.0 Å². The van der Waals surface area contributed by atoms with Gasteiger partial charge in [0, 0.05) is 13.2 Å². The molecule has 0 aliphatic rings. The van der Waals surface area contributed by atoms with Crippen LogP contribution in [0.3, 0.4) is 0 Å². The second-order valence-electron chi connectivity index (χ2n) is 10.5. The molecule has 3 aromatic rings. The summed E-state index contributed by atoms with van der Waals surface area (Å²) in [7, 11) is 1.66. The van der Waals surface area contributed by atoms with Gasteiger partial charge in [0.1, 0.15) is 5.75 Å². The quantitative estimate of drug-likeness (QED) is 0.191. The summed E-state index contributed by atoms with van der Waals surface area (Å²) >= 11 is 0. The van der Waals surface area contributed by atoms with Crippen LogP contribution in [0.1, 0.15) is 60.8 Å². The summed E-state index contributed by atoms with van der Waals surface area (Å²) in [5.41, 5.74) is 5.10. The Balaban J connectivity index is 1.34. The highest BCUT2D eigenvalue weighted by Crippen LogP contribution is 2.22. The SMILES string of the molecule is COc1ccc2ccc(CCCCCNC(=O)C(OCCCCCc3ccc(C)c(C)c3)C(O)C(=O)O)cc2c1. The predicted octanol–water partition coefficient (Wildman–Crippen LogP) is 5.54. The summed E-state index contributed by atoms with van der Waals surface area (Å²) < 4.78 is 10.9. The number of aliphatic carboxylic acids is 1. The van der Waals surface area contributed by atoms with Crippen molar-refractivity contribution in [3.8, 4) is 5.75 Å². The van der Waals surface area contributed by atoms with Crippen LogP contribution in [0.25, 0.3) is 10.8 Å². The number of carbonyl (C=O) groups is 2. The highest BCUT2D eigenvalue weighted by molar-refractivity contribution is 5.88. The number of unbranched alkanes of at least 4 members (excludes halogenated alkanes) is 4. The first-order valence-corrected chi connectivity index (χ1v) is 14.2. The maximum Gasteiger partial charge on any atom is 0.335 e. The fraction of sp³-hybridized carbons (Fsp3) is 0.455. The van der Waals surface area contributed by atoms with Crippen molar-refractivity contribution in [2.45, 2.75) is 77.4 Å². The number of carbonyl (C=O) groups excluding carboxylic acids is 1. The number of amides is 1. The normalized spacial score (nSPS) is 12.7. The molecule has 0 heterocycles. The van der Waals surface area contributed by atoms with Crippen molar-refractivity contribution in [2.75, 3.05) is 20.3 Å². The van der Waals surface area contributed by atoms with Crippen molar-refractivity contribution in [1.29, 1.82) is 0 Å². The lowest BCUT2D eigenvalue weighted by molar-refractivity contribution is -0.162. The van der Waals surface area contributed by atoms with Crippen LogP contribution in [-0.4, -0.2) is 54.6 Å². The molecule has 0 spiro atoms. The largest absolute Gasteiger partial charge is 0.497 e. The number of rotatable bonds is 17. The van der Waals surface area contributed by atoms with Crippen LogP contribution < -0.4 is 10.1 Å². The minimum atomic E-state index is -1.90. The number of nitrogens with one attached hydrogen (secondary N) is 1. The zero-order valence-electron chi connectivity index (χ0n) is 23.9. The van der Waals surface area contributed by atoms with E-state index in [2.05, 4.69) is 55.6 Å². The number of aliphatic hydroxyl groups excluding tert-OH is 1. The van der Waals surface area contributed by atoms with Crippen LogP contribution in [-0.2, 0) is 27.2 Å². The third-order valence-electron chi connectivity index (χ3n) is 7.33. The molecule has 7 heteroatoms. The molecule has 216 valence electrons. The van der Waals surface area contributed by atoms with E-state index in [1.165, 1.54) is 27.6 Å². The topological polar surface area (TPSA) is 105 Å². The molecule has 0 fully saturated rings. The van der Waals surface area contributed by atoms with Gasteiger partial charge in [0.05, 0.1) is 7.11 Å². The monoisotopic (exact) mass is 549 g/mol. The second-order valence-corrected chi connectivity index (χ2v) is 10.5. The minimum absolute atomic E-state index is 0.215. The number of hydrogen-bond donors (Lipinski definition) is 3. The lowest BCUT2D eigenvalue weighted by Crippen LogP contribution is -2.47. The Hall–Kier alpha value is -3.42. The van der Waals surface area contributed by atoms with Crippen LogP contribution >= 0.6 is 0 Å². The number of aliphatic hydroxyl groups is 1. The Labute approximate surface area is 237 Å². The van der Waals surface area contributed by atoms with Crippen LogP contribution in [0.15, 0.2) is 54.6 Å². The lowest BCUT2D eigenvalue weighted by Gasteiger charge is -2.20. The molecule has 1 amide bonds. The predicted molar refractivity (Wildman–Crippen MR) is 158 cm³/mol. The van der Waals surface area contributed by atoms with Crippen molar-refractivity contribution in [3.05, 3.63) is 76.9 Å². The molecule has 3 aromatic carbocycles. The highest BCUT2D eigenvalue weighted by Gasteiger charge is 2.32. The van der Waals surface area contributed by atoms with Gasteiger partial charge in [-0.25, -0.2) is 4.79 Å². The summed E-state index contributed by atoms with van der Waals surface area (Å²) in [5.74, 6) is -1.22. The molecule has 0 saturated heterocycles. The average molecular weight is 550 g/mol. The zero-order chi connectivity index (χ0) is 28.9. The van der Waals surface area contributed by atoms with Gasteiger partial charge in [-0.3, -0.25) is 4.79 Å². The maximum atomic E-state index is 12.6. The standard InChI is InChI=1S/C33H43NO6/c1-23-12-13-25(20-24(23)2)10-7-5-9-19-40-31(30(35)33(37)38)32(36)34-18-8-4-6-11-26-14-15-27-16-17-29(39-3)22-28(27)21-26/h12-17,20-22,30-31,35H,4-11,18-19H2,1-3H3,(H,34,36)(H,37,38). The molecule has 0 bridgehead atoms. The number of benzene rings is 3. The molecule has 0 saturated carbocycles. The second kappa shape index (κ2) is 16.0. The number of carboxylic acids is 1. The Morgan fingerprint density at radius 1 is 0.800 bits per heavy atom. The Bertz CT molecular complexity index is 1260. The number of carboxylic acid groups (broad SMARTS) is 1. The Kier molecular flexibility index (Phi) is 12.4. The van der Waals surface area contributed by atoms with Crippen molar-refractivity contribution >= 4 is 22.6 Å². The number of fused-ring (bicyclic) bond motifs is 1. The number of hydrogen-bond acceptors (Lipinski definition) is 5. The number of methoxy groups -OCH3 is 1. The van der Waals surface area contributed by atoms with Crippen LogP contribution in [0, 0.1) is 13.8 Å². The molecule has 2 unspecified atom stereocenters. The van der Waals surface area contributed by atoms with E-state index in [1.807, 2.05) is 18.2 Å². The highest BCUT2D eigenvalue weighted by atomic mass is 16.5. The van der Waals surface area contributed by atoms with Gasteiger partial charge >= 0.3 is 5.97 Å². The molecule has 0 aliphatic heterocycles. The molecule has 2 atom stereocenters. The molecule has 0 aliphatic carbocycles. The fourth-order valence-electron chi connectivity index (χ4n) is 4.72. The third-order valence-corrected chi connectivity index (χ3v) is 7.33. The molecule has 3 N–H and O–H groups in total. The van der Waals surface area contributed by atoms with Crippen LogP contribution in [0.4, 0.5) is 0 Å². The summed E-state index contributed by atoms with van der Waals surface area (Å²) in [4.78, 5) is 24.0. The summed E-state index contributed by atoms with van der Waals surface area (Å²) in [6.45, 7) is 4.82. The van der Waals surface area contributed by atoms with E-state index in [4.69, 9.17) is 9.47 Å². The zero-order valence-corrected chi connectivity index (χ0v) is 23.9. The first-order chi connectivity index (χ1) is 19.3. The van der Waals surface area contributed by atoms with E-state index in [1.54, 1.807) is 7.11 Å². The fourth-order valence-corrected chi connectivity index (χ4v) is 4.72. The molecule has 0 radical (unpaired) electrons. The van der Waals surface area contributed by atoms with E-state index in [-0.39, 0.29) is 6.61 Å². The van der Waals surface area contributed by atoms with E-state index >= 15 is 0 Å².